The van der Waals surface area contributed by atoms with Crippen molar-refractivity contribution in [3.8, 4) is 6.07 Å². The number of pyridine rings is 1. The predicted molar refractivity (Wildman–Crippen MR) is 85.2 cm³/mol. The molecule has 0 amide bonds. The first-order chi connectivity index (χ1) is 10.8. The van der Waals surface area contributed by atoms with Gasteiger partial charge < -0.3 is 9.80 Å². The van der Waals surface area contributed by atoms with Gasteiger partial charge in [0.1, 0.15) is 5.82 Å². The molecule has 1 fully saturated rings. The lowest BCUT2D eigenvalue weighted by atomic mass is 10.2. The van der Waals surface area contributed by atoms with Crippen molar-refractivity contribution in [1.82, 2.24) is 4.98 Å². The van der Waals surface area contributed by atoms with Gasteiger partial charge in [-0.3, -0.25) is 10.7 Å². The smallest absolute Gasteiger partial charge is 0.129 e. The third-order valence-electron chi connectivity index (χ3n) is 3.84. The number of rotatable bonds is 3. The quantitative estimate of drug-likeness (QED) is 0.844. The van der Waals surface area contributed by atoms with Crippen molar-refractivity contribution < 1.29 is 5.21 Å². The molecule has 0 bridgehead atoms. The lowest BCUT2D eigenvalue weighted by Gasteiger charge is -2.36. The molecule has 1 aromatic carbocycles. The Hall–Kier alpha value is -2.78. The van der Waals surface area contributed by atoms with Crippen LogP contribution in [0.3, 0.4) is 0 Å². The number of nitrogens with zero attached hydrogens (tertiary/aromatic N) is 4. The number of hydrogen-bond donors (Lipinski definition) is 2. The number of aromatic nitrogens is 1. The molecule has 1 aromatic heterocycles. The maximum Gasteiger partial charge on any atom is 0.129 e. The highest BCUT2D eigenvalue weighted by Gasteiger charge is 2.18. The highest BCUT2D eigenvalue weighted by atomic mass is 16.5. The van der Waals surface area contributed by atoms with Crippen LogP contribution in [0.1, 0.15) is 5.56 Å². The summed E-state index contributed by atoms with van der Waals surface area (Å²) in [7, 11) is 0. The number of benzene rings is 1. The van der Waals surface area contributed by atoms with E-state index in [0.29, 0.717) is 11.3 Å². The van der Waals surface area contributed by atoms with Crippen LogP contribution in [-0.2, 0) is 0 Å². The van der Waals surface area contributed by atoms with Crippen LogP contribution >= 0.6 is 0 Å². The summed E-state index contributed by atoms with van der Waals surface area (Å²) in [6.07, 6.45) is 1.68. The van der Waals surface area contributed by atoms with Gasteiger partial charge in [-0.05, 0) is 36.4 Å². The average Bonchev–Trinajstić information content (AvgIpc) is 2.62. The van der Waals surface area contributed by atoms with E-state index in [0.717, 1.165) is 37.7 Å². The van der Waals surface area contributed by atoms with Crippen molar-refractivity contribution in [2.24, 2.45) is 0 Å². The summed E-state index contributed by atoms with van der Waals surface area (Å²) in [6.45, 7) is 3.51. The number of nitrogens with one attached hydrogen (secondary N) is 1. The molecule has 0 aliphatic carbocycles. The predicted octanol–water partition coefficient (Wildman–Crippen LogP) is 2.08. The molecule has 2 heterocycles. The molecule has 2 aromatic rings. The van der Waals surface area contributed by atoms with Crippen LogP contribution in [-0.4, -0.2) is 36.4 Å². The molecule has 0 unspecified atom stereocenters. The van der Waals surface area contributed by atoms with E-state index >= 15 is 0 Å². The minimum Gasteiger partial charge on any atom is -0.368 e. The van der Waals surface area contributed by atoms with E-state index in [4.69, 9.17) is 10.5 Å². The van der Waals surface area contributed by atoms with Crippen LogP contribution in [0.5, 0.6) is 0 Å². The van der Waals surface area contributed by atoms with E-state index in [1.165, 1.54) is 0 Å². The van der Waals surface area contributed by atoms with Gasteiger partial charge in [-0.15, -0.1) is 0 Å². The van der Waals surface area contributed by atoms with Crippen LogP contribution in [0.2, 0.25) is 0 Å². The van der Waals surface area contributed by atoms with E-state index in [9.17, 15) is 0 Å². The summed E-state index contributed by atoms with van der Waals surface area (Å²) in [4.78, 5) is 8.84. The lowest BCUT2D eigenvalue weighted by molar-refractivity contribution is 0.389. The molecule has 22 heavy (non-hydrogen) atoms. The molecule has 0 atom stereocenters. The van der Waals surface area contributed by atoms with E-state index in [1.54, 1.807) is 12.3 Å². The maximum absolute atomic E-state index is 8.97. The Kier molecular flexibility index (Phi) is 4.08. The molecule has 1 aliphatic rings. The molecule has 3 rings (SSSR count). The van der Waals surface area contributed by atoms with Gasteiger partial charge in [0.2, 0.25) is 0 Å². The first-order valence-corrected chi connectivity index (χ1v) is 7.16. The van der Waals surface area contributed by atoms with Crippen LogP contribution in [0.15, 0.2) is 42.6 Å². The molecule has 0 spiro atoms. The standard InChI is InChI=1S/C16H17N5O/c17-12-13-5-6-18-16(11-13)21-9-7-20(8-10-21)15-3-1-14(19-22)2-4-15/h1-6,11,19,22H,7-10H2. The lowest BCUT2D eigenvalue weighted by Crippen LogP contribution is -2.46. The highest BCUT2D eigenvalue weighted by molar-refractivity contribution is 5.55. The molecule has 1 aliphatic heterocycles. The second-order valence-corrected chi connectivity index (χ2v) is 5.15. The van der Waals surface area contributed by atoms with Crippen molar-refractivity contribution >= 4 is 17.2 Å². The van der Waals surface area contributed by atoms with E-state index in [1.807, 2.05) is 30.3 Å². The molecule has 1 saturated heterocycles. The first kappa shape index (κ1) is 14.2. The summed E-state index contributed by atoms with van der Waals surface area (Å²) < 4.78 is 0. The Morgan fingerprint density at radius 2 is 1.73 bits per heavy atom. The molecule has 6 nitrogen and oxygen atoms in total. The zero-order valence-electron chi connectivity index (χ0n) is 12.1. The fourth-order valence-electron chi connectivity index (χ4n) is 2.60. The fraction of sp³-hybridized carbons (Fsp3) is 0.250. The van der Waals surface area contributed by atoms with Crippen molar-refractivity contribution in [3.05, 3.63) is 48.2 Å². The summed E-state index contributed by atoms with van der Waals surface area (Å²) in [6, 6.07) is 13.4. The Balaban J connectivity index is 1.65. The van der Waals surface area contributed by atoms with Crippen LogP contribution in [0, 0.1) is 11.3 Å². The van der Waals surface area contributed by atoms with Crippen LogP contribution in [0.4, 0.5) is 17.2 Å². The van der Waals surface area contributed by atoms with Gasteiger partial charge in [-0.2, -0.15) is 5.26 Å². The molecular weight excluding hydrogens is 278 g/mol. The Labute approximate surface area is 129 Å². The van der Waals surface area contributed by atoms with Crippen LogP contribution < -0.4 is 15.3 Å². The largest absolute Gasteiger partial charge is 0.368 e. The Morgan fingerprint density at radius 1 is 1.05 bits per heavy atom. The molecule has 112 valence electrons. The summed E-state index contributed by atoms with van der Waals surface area (Å²) in [5.41, 5.74) is 4.59. The molecule has 2 N–H and O–H groups in total. The zero-order chi connectivity index (χ0) is 15.4. The Bertz CT molecular complexity index is 672. The minimum atomic E-state index is 0.638. The third kappa shape index (κ3) is 2.95. The zero-order valence-corrected chi connectivity index (χ0v) is 12.1. The Morgan fingerprint density at radius 3 is 2.36 bits per heavy atom. The minimum absolute atomic E-state index is 0.638. The van der Waals surface area contributed by atoms with Gasteiger partial charge in [0.25, 0.3) is 0 Å². The van der Waals surface area contributed by atoms with E-state index in [2.05, 4.69) is 26.3 Å². The van der Waals surface area contributed by atoms with Gasteiger partial charge in [-0.1, -0.05) is 0 Å². The number of anilines is 3. The number of hydrogen-bond acceptors (Lipinski definition) is 6. The SMILES string of the molecule is N#Cc1ccnc(N2CCN(c3ccc(NO)cc3)CC2)c1. The van der Waals surface area contributed by atoms with E-state index < -0.39 is 0 Å². The molecular formula is C16H17N5O. The van der Waals surface area contributed by atoms with Crippen molar-refractivity contribution in [2.45, 2.75) is 0 Å². The average molecular weight is 295 g/mol. The number of nitriles is 1. The summed E-state index contributed by atoms with van der Waals surface area (Å²) in [5, 5.41) is 17.8. The third-order valence-corrected chi connectivity index (χ3v) is 3.84. The van der Waals surface area contributed by atoms with Crippen molar-refractivity contribution in [3.63, 3.8) is 0 Å². The van der Waals surface area contributed by atoms with Crippen molar-refractivity contribution in [1.29, 1.82) is 5.26 Å². The number of piperazine rings is 1. The van der Waals surface area contributed by atoms with Gasteiger partial charge in [0.15, 0.2) is 0 Å². The highest BCUT2D eigenvalue weighted by Crippen LogP contribution is 2.21. The monoisotopic (exact) mass is 295 g/mol. The fourth-order valence-corrected chi connectivity index (χ4v) is 2.60. The van der Waals surface area contributed by atoms with E-state index in [-0.39, 0.29) is 0 Å². The molecule has 0 saturated carbocycles. The first-order valence-electron chi connectivity index (χ1n) is 7.16. The van der Waals surface area contributed by atoms with Gasteiger partial charge in [0.05, 0.1) is 17.3 Å². The van der Waals surface area contributed by atoms with Gasteiger partial charge in [-0.25, -0.2) is 4.98 Å². The maximum atomic E-state index is 8.97. The summed E-state index contributed by atoms with van der Waals surface area (Å²) >= 11 is 0. The molecule has 6 heteroatoms. The second-order valence-electron chi connectivity index (χ2n) is 5.15. The summed E-state index contributed by atoms with van der Waals surface area (Å²) in [5.74, 6) is 0.860. The molecule has 0 radical (unpaired) electrons. The van der Waals surface area contributed by atoms with Gasteiger partial charge >= 0.3 is 0 Å². The second kappa shape index (κ2) is 6.33. The topological polar surface area (TPSA) is 75.4 Å². The van der Waals surface area contributed by atoms with Gasteiger partial charge in [0, 0.05) is 38.1 Å². The van der Waals surface area contributed by atoms with Crippen LogP contribution in [0.25, 0.3) is 0 Å². The normalized spacial score (nSPS) is 14.5. The van der Waals surface area contributed by atoms with Crippen molar-refractivity contribution in [2.75, 3.05) is 41.5 Å².